The van der Waals surface area contributed by atoms with Crippen LogP contribution in [0.15, 0.2) is 0 Å². The summed E-state index contributed by atoms with van der Waals surface area (Å²) < 4.78 is 11.8. The lowest BCUT2D eigenvalue weighted by Crippen LogP contribution is -2.43. The number of ether oxygens (including phenoxy) is 2. The molecule has 2 unspecified atom stereocenters. The summed E-state index contributed by atoms with van der Waals surface area (Å²) in [6, 6.07) is 0. The molecular formula is C11H23NO2. The van der Waals surface area contributed by atoms with Gasteiger partial charge >= 0.3 is 0 Å². The minimum atomic E-state index is -0.465. The van der Waals surface area contributed by atoms with Crippen LogP contribution in [0.25, 0.3) is 0 Å². The second-order valence-electron chi connectivity index (χ2n) is 5.78. The van der Waals surface area contributed by atoms with E-state index < -0.39 is 5.79 Å². The van der Waals surface area contributed by atoms with Crippen LogP contribution < -0.4 is 0 Å². The van der Waals surface area contributed by atoms with E-state index in [2.05, 4.69) is 25.7 Å². The molecule has 0 aliphatic carbocycles. The van der Waals surface area contributed by atoms with Crippen molar-refractivity contribution in [3.63, 3.8) is 0 Å². The van der Waals surface area contributed by atoms with Crippen LogP contribution in [0, 0.1) is 5.41 Å². The van der Waals surface area contributed by atoms with Crippen LogP contribution in [0.4, 0.5) is 0 Å². The fraction of sp³-hybridized carbons (Fsp3) is 1.00. The summed E-state index contributed by atoms with van der Waals surface area (Å²) in [5.41, 5.74) is 0.0999. The second-order valence-corrected chi connectivity index (χ2v) is 5.78. The summed E-state index contributed by atoms with van der Waals surface area (Å²) in [4.78, 5) is 2.07. The van der Waals surface area contributed by atoms with E-state index in [9.17, 15) is 0 Å². The van der Waals surface area contributed by atoms with Gasteiger partial charge in [-0.3, -0.25) is 4.90 Å². The second kappa shape index (κ2) is 3.47. The number of rotatable bonds is 1. The number of likely N-dealkylation sites (N-methyl/N-ethyl adjacent to an activating group) is 1. The first kappa shape index (κ1) is 12.0. The predicted molar refractivity (Wildman–Crippen MR) is 57.0 cm³/mol. The van der Waals surface area contributed by atoms with Crippen LogP contribution in [0.2, 0.25) is 0 Å². The molecule has 0 bridgehead atoms. The topological polar surface area (TPSA) is 21.7 Å². The quantitative estimate of drug-likeness (QED) is 0.648. The molecule has 0 N–H and O–H groups in total. The van der Waals surface area contributed by atoms with Gasteiger partial charge in [-0.05, 0) is 33.4 Å². The molecule has 2 atom stereocenters. The maximum atomic E-state index is 5.92. The van der Waals surface area contributed by atoms with Crippen molar-refractivity contribution in [2.45, 2.75) is 52.7 Å². The van der Waals surface area contributed by atoms with Crippen LogP contribution >= 0.6 is 0 Å². The first-order chi connectivity index (χ1) is 6.13. The molecule has 3 heteroatoms. The molecule has 84 valence electrons. The van der Waals surface area contributed by atoms with Crippen molar-refractivity contribution in [1.29, 1.82) is 0 Å². The Hall–Kier alpha value is -0.120. The molecule has 0 radical (unpaired) electrons. The van der Waals surface area contributed by atoms with Gasteiger partial charge in [-0.15, -0.1) is 0 Å². The highest BCUT2D eigenvalue weighted by molar-refractivity contribution is 4.87. The molecule has 1 rings (SSSR count). The number of nitrogens with zero attached hydrogens (tertiary/aromatic N) is 1. The highest BCUT2D eigenvalue weighted by Crippen LogP contribution is 2.38. The van der Waals surface area contributed by atoms with E-state index in [0.717, 1.165) is 0 Å². The molecule has 1 aliphatic rings. The average molecular weight is 201 g/mol. The third-order valence-corrected chi connectivity index (χ3v) is 2.44. The Labute approximate surface area is 87.4 Å². The average Bonchev–Trinajstić information content (AvgIpc) is 2.24. The van der Waals surface area contributed by atoms with E-state index in [1.807, 2.05) is 27.9 Å². The third kappa shape index (κ3) is 2.47. The van der Waals surface area contributed by atoms with E-state index in [-0.39, 0.29) is 17.7 Å². The largest absolute Gasteiger partial charge is 0.343 e. The fourth-order valence-corrected chi connectivity index (χ4v) is 1.73. The summed E-state index contributed by atoms with van der Waals surface area (Å²) in [5, 5.41) is 0. The summed E-state index contributed by atoms with van der Waals surface area (Å²) >= 11 is 0. The summed E-state index contributed by atoms with van der Waals surface area (Å²) in [6.45, 7) is 10.5. The van der Waals surface area contributed by atoms with Crippen LogP contribution in [0.5, 0.6) is 0 Å². The minimum Gasteiger partial charge on any atom is -0.343 e. The smallest absolute Gasteiger partial charge is 0.165 e. The Bertz CT molecular complexity index is 206. The fourth-order valence-electron chi connectivity index (χ4n) is 1.73. The molecule has 1 heterocycles. The summed E-state index contributed by atoms with van der Waals surface area (Å²) in [5.74, 6) is -0.465. The van der Waals surface area contributed by atoms with Gasteiger partial charge in [-0.2, -0.15) is 0 Å². The van der Waals surface area contributed by atoms with Gasteiger partial charge < -0.3 is 9.47 Å². The maximum absolute atomic E-state index is 5.92. The number of hydrogen-bond acceptors (Lipinski definition) is 3. The minimum absolute atomic E-state index is 0.0463. The molecule has 0 amide bonds. The molecule has 0 aromatic carbocycles. The van der Waals surface area contributed by atoms with Crippen molar-refractivity contribution >= 4 is 0 Å². The Kier molecular flexibility index (Phi) is 2.96. The van der Waals surface area contributed by atoms with E-state index in [1.165, 1.54) is 0 Å². The van der Waals surface area contributed by atoms with Gasteiger partial charge in [0, 0.05) is 0 Å². The first-order valence-corrected chi connectivity index (χ1v) is 5.15. The Balaban J connectivity index is 2.83. The lowest BCUT2D eigenvalue weighted by molar-refractivity contribution is -0.162. The highest BCUT2D eigenvalue weighted by atomic mass is 16.8. The molecule has 0 spiro atoms. The summed E-state index contributed by atoms with van der Waals surface area (Å²) in [6.07, 6.45) is 0.164. The van der Waals surface area contributed by atoms with Gasteiger partial charge in [0.1, 0.15) is 12.3 Å². The lowest BCUT2D eigenvalue weighted by Gasteiger charge is -2.32. The van der Waals surface area contributed by atoms with Crippen molar-refractivity contribution < 1.29 is 9.47 Å². The van der Waals surface area contributed by atoms with Crippen LogP contribution in [-0.2, 0) is 9.47 Å². The van der Waals surface area contributed by atoms with Gasteiger partial charge in [0.25, 0.3) is 0 Å². The normalized spacial score (nSPS) is 32.6. The molecule has 14 heavy (non-hydrogen) atoms. The van der Waals surface area contributed by atoms with Crippen LogP contribution in [0.1, 0.15) is 34.6 Å². The van der Waals surface area contributed by atoms with Crippen molar-refractivity contribution in [2.24, 2.45) is 5.41 Å². The molecule has 0 aromatic heterocycles. The van der Waals surface area contributed by atoms with Crippen molar-refractivity contribution in [2.75, 3.05) is 14.1 Å². The molecule has 3 nitrogen and oxygen atoms in total. The summed E-state index contributed by atoms with van der Waals surface area (Å²) in [7, 11) is 4.04. The van der Waals surface area contributed by atoms with Crippen molar-refractivity contribution in [1.82, 2.24) is 4.90 Å². The molecule has 1 saturated heterocycles. The molecule has 1 aliphatic heterocycles. The Morgan fingerprint density at radius 2 is 1.57 bits per heavy atom. The van der Waals surface area contributed by atoms with Gasteiger partial charge in [0.2, 0.25) is 0 Å². The molecular weight excluding hydrogens is 178 g/mol. The standard InChI is InChI=1S/C11H23NO2/c1-10(2,3)8-9(12(6)7)14-11(4,5)13-8/h8-9H,1-7H3. The Morgan fingerprint density at radius 3 is 1.86 bits per heavy atom. The van der Waals surface area contributed by atoms with Crippen LogP contribution in [-0.4, -0.2) is 37.1 Å². The van der Waals surface area contributed by atoms with E-state index in [1.54, 1.807) is 0 Å². The molecule has 0 aromatic rings. The molecule has 0 saturated carbocycles. The third-order valence-electron chi connectivity index (χ3n) is 2.44. The van der Waals surface area contributed by atoms with E-state index >= 15 is 0 Å². The SMILES string of the molecule is CN(C)C1OC(C)(C)OC1C(C)(C)C. The molecule has 1 fully saturated rings. The van der Waals surface area contributed by atoms with Gasteiger partial charge in [-0.1, -0.05) is 20.8 Å². The zero-order chi connectivity index (χ0) is 11.1. The van der Waals surface area contributed by atoms with E-state index in [0.29, 0.717) is 0 Å². The van der Waals surface area contributed by atoms with E-state index in [4.69, 9.17) is 9.47 Å². The predicted octanol–water partition coefficient (Wildman–Crippen LogP) is 2.07. The van der Waals surface area contributed by atoms with Gasteiger partial charge in [-0.25, -0.2) is 0 Å². The highest BCUT2D eigenvalue weighted by Gasteiger charge is 2.47. The zero-order valence-corrected chi connectivity index (χ0v) is 10.4. The van der Waals surface area contributed by atoms with Crippen molar-refractivity contribution in [3.8, 4) is 0 Å². The Morgan fingerprint density at radius 1 is 1.07 bits per heavy atom. The zero-order valence-electron chi connectivity index (χ0n) is 10.4. The number of hydrogen-bond donors (Lipinski definition) is 0. The van der Waals surface area contributed by atoms with Gasteiger partial charge in [0.15, 0.2) is 5.79 Å². The van der Waals surface area contributed by atoms with Crippen molar-refractivity contribution in [3.05, 3.63) is 0 Å². The first-order valence-electron chi connectivity index (χ1n) is 5.15. The maximum Gasteiger partial charge on any atom is 0.165 e. The monoisotopic (exact) mass is 201 g/mol. The lowest BCUT2D eigenvalue weighted by atomic mass is 9.88. The van der Waals surface area contributed by atoms with Crippen LogP contribution in [0.3, 0.4) is 0 Å². The van der Waals surface area contributed by atoms with Gasteiger partial charge in [0.05, 0.1) is 0 Å².